The smallest absolute Gasteiger partial charge is 0.308 e. The SMILES string of the molecule is COc1ccc(N2C(=O)C3Sc4c(sc(=O)n4CC(=O)Nc4ccc(S(N)(=O)=O)cc4)[C@H](c4cccc(Cl)c4Cl)C3C2=O)cc1. The Balaban J connectivity index is 1.38. The van der Waals surface area contributed by atoms with Crippen molar-refractivity contribution in [2.45, 2.75) is 27.6 Å². The van der Waals surface area contributed by atoms with Crippen molar-refractivity contribution in [3.05, 3.63) is 96.9 Å². The van der Waals surface area contributed by atoms with Gasteiger partial charge in [0.05, 0.1) is 38.7 Å². The second-order valence-electron chi connectivity index (χ2n) is 10.1. The van der Waals surface area contributed by atoms with Gasteiger partial charge in [-0.1, -0.05) is 58.4 Å². The van der Waals surface area contributed by atoms with Gasteiger partial charge in [-0.2, -0.15) is 0 Å². The topological polar surface area (TPSA) is 158 Å². The number of thiazole rings is 1. The summed E-state index contributed by atoms with van der Waals surface area (Å²) in [5, 5.41) is 7.64. The standard InChI is InChI=1S/C29H22Cl2N4O7S3/c1-42-16-9-7-15(8-10-16)35-26(37)22-21(18-3-2-4-19(30)23(18)31)25-28(43-24(22)27(35)38)34(29(39)44-25)13-20(36)33-14-5-11-17(12-6-14)45(32,40)41/h2-12,21-22,24H,13H2,1H3,(H,33,36)(H2,32,40,41)/t21-,22?,24?/m1/s1. The van der Waals surface area contributed by atoms with Crippen molar-refractivity contribution in [3.63, 3.8) is 0 Å². The van der Waals surface area contributed by atoms with Crippen molar-refractivity contribution < 1.29 is 27.5 Å². The number of nitrogens with two attached hydrogens (primary N) is 1. The number of primary sulfonamides is 1. The number of rotatable bonds is 7. The van der Waals surface area contributed by atoms with Gasteiger partial charge in [0.25, 0.3) is 0 Å². The van der Waals surface area contributed by atoms with Crippen molar-refractivity contribution in [3.8, 4) is 5.75 Å². The van der Waals surface area contributed by atoms with Crippen LogP contribution in [0.1, 0.15) is 16.4 Å². The summed E-state index contributed by atoms with van der Waals surface area (Å²) in [6, 6.07) is 16.7. The van der Waals surface area contributed by atoms with Crippen molar-refractivity contribution >= 4 is 85.4 Å². The fraction of sp³-hybridized carbons (Fsp3) is 0.172. The van der Waals surface area contributed by atoms with E-state index in [-0.39, 0.29) is 20.6 Å². The van der Waals surface area contributed by atoms with Crippen LogP contribution in [0.3, 0.4) is 0 Å². The number of ether oxygens (including phenoxy) is 1. The van der Waals surface area contributed by atoms with Gasteiger partial charge in [0.2, 0.25) is 27.7 Å². The second kappa shape index (κ2) is 11.9. The third-order valence-electron chi connectivity index (χ3n) is 7.46. The summed E-state index contributed by atoms with van der Waals surface area (Å²) in [5.74, 6) is -2.66. The quantitative estimate of drug-likeness (QED) is 0.270. The van der Waals surface area contributed by atoms with Gasteiger partial charge in [-0.3, -0.25) is 23.7 Å². The Labute approximate surface area is 274 Å². The highest BCUT2D eigenvalue weighted by Crippen LogP contribution is 2.55. The minimum Gasteiger partial charge on any atom is -0.497 e. The van der Waals surface area contributed by atoms with Gasteiger partial charge in [0.1, 0.15) is 17.5 Å². The number of hydrogen-bond acceptors (Lipinski definition) is 9. The molecule has 1 aromatic heterocycles. The average Bonchev–Trinajstić information content (AvgIpc) is 3.44. The van der Waals surface area contributed by atoms with Crippen LogP contribution in [0.5, 0.6) is 5.75 Å². The summed E-state index contributed by atoms with van der Waals surface area (Å²) < 4.78 is 29.6. The molecule has 0 saturated carbocycles. The number of methoxy groups -OCH3 is 1. The van der Waals surface area contributed by atoms with E-state index in [2.05, 4.69) is 5.32 Å². The Hall–Kier alpha value is -3.66. The van der Waals surface area contributed by atoms with Gasteiger partial charge in [0, 0.05) is 16.5 Å². The third-order valence-corrected chi connectivity index (χ3v) is 11.8. The molecule has 3 aromatic carbocycles. The van der Waals surface area contributed by atoms with Crippen LogP contribution in [0.4, 0.5) is 11.4 Å². The average molecular weight is 706 g/mol. The fourth-order valence-corrected chi connectivity index (χ4v) is 9.11. The van der Waals surface area contributed by atoms with E-state index in [1.54, 1.807) is 42.5 Å². The predicted molar refractivity (Wildman–Crippen MR) is 172 cm³/mol. The molecule has 0 radical (unpaired) electrons. The van der Waals surface area contributed by atoms with Crippen molar-refractivity contribution in [2.24, 2.45) is 11.1 Å². The first kappa shape index (κ1) is 31.3. The lowest BCUT2D eigenvalue weighted by molar-refractivity contribution is -0.122. The number of amides is 3. The fourth-order valence-electron chi connectivity index (χ4n) is 5.41. The van der Waals surface area contributed by atoms with Crippen LogP contribution in [0, 0.1) is 5.92 Å². The van der Waals surface area contributed by atoms with Crippen LogP contribution >= 0.6 is 46.3 Å². The van der Waals surface area contributed by atoms with Crippen molar-refractivity contribution in [1.82, 2.24) is 4.57 Å². The number of nitrogens with one attached hydrogen (secondary N) is 1. The Morgan fingerprint density at radius 2 is 1.69 bits per heavy atom. The van der Waals surface area contributed by atoms with Crippen LogP contribution < -0.4 is 25.0 Å². The van der Waals surface area contributed by atoms with E-state index in [1.807, 2.05) is 0 Å². The van der Waals surface area contributed by atoms with Crippen LogP contribution in [0.2, 0.25) is 10.0 Å². The molecule has 2 aliphatic heterocycles. The highest BCUT2D eigenvalue weighted by molar-refractivity contribution is 8.00. The zero-order valence-corrected chi connectivity index (χ0v) is 27.1. The molecule has 3 N–H and O–H groups in total. The number of fused-ring (bicyclic) bond motifs is 2. The van der Waals surface area contributed by atoms with E-state index in [1.165, 1.54) is 35.9 Å². The highest BCUT2D eigenvalue weighted by Gasteiger charge is 2.57. The second-order valence-corrected chi connectivity index (χ2v) is 14.6. The minimum atomic E-state index is -3.92. The summed E-state index contributed by atoms with van der Waals surface area (Å²) in [7, 11) is -2.41. The molecule has 4 aromatic rings. The molecule has 6 rings (SSSR count). The van der Waals surface area contributed by atoms with E-state index in [9.17, 15) is 27.6 Å². The third kappa shape index (κ3) is 5.66. The first-order valence-electron chi connectivity index (χ1n) is 13.2. The molecule has 3 amide bonds. The molecule has 2 aliphatic rings. The van der Waals surface area contributed by atoms with E-state index in [0.717, 1.165) is 28.0 Å². The van der Waals surface area contributed by atoms with Gasteiger partial charge in [-0.25, -0.2) is 18.5 Å². The van der Waals surface area contributed by atoms with E-state index in [0.29, 0.717) is 26.9 Å². The summed E-state index contributed by atoms with van der Waals surface area (Å²) in [5.41, 5.74) is 1.13. The molecule has 232 valence electrons. The number of anilines is 2. The van der Waals surface area contributed by atoms with Crippen molar-refractivity contribution in [1.29, 1.82) is 0 Å². The number of nitrogens with zero attached hydrogens (tertiary/aromatic N) is 2. The molecular formula is C29H22Cl2N4O7S3. The number of sulfonamides is 1. The number of aromatic nitrogens is 1. The molecule has 16 heteroatoms. The number of imide groups is 1. The molecule has 0 aliphatic carbocycles. The first-order valence-corrected chi connectivity index (χ1v) is 17.2. The molecular weight excluding hydrogens is 683 g/mol. The Morgan fingerprint density at radius 3 is 2.33 bits per heavy atom. The minimum absolute atomic E-state index is 0.125. The number of halogens is 2. The van der Waals surface area contributed by atoms with Crippen LogP contribution in [-0.2, 0) is 31.0 Å². The maximum absolute atomic E-state index is 14.0. The summed E-state index contributed by atoms with van der Waals surface area (Å²) in [6.45, 7) is -0.410. The monoisotopic (exact) mass is 704 g/mol. The number of benzene rings is 3. The lowest BCUT2D eigenvalue weighted by Crippen LogP contribution is -2.33. The first-order chi connectivity index (χ1) is 21.4. The van der Waals surface area contributed by atoms with Gasteiger partial charge < -0.3 is 10.1 Å². The van der Waals surface area contributed by atoms with Crippen LogP contribution in [-0.4, -0.2) is 43.1 Å². The molecule has 45 heavy (non-hydrogen) atoms. The van der Waals surface area contributed by atoms with Gasteiger partial charge in [0.15, 0.2) is 0 Å². The molecule has 3 atom stereocenters. The van der Waals surface area contributed by atoms with Crippen molar-refractivity contribution in [2.75, 3.05) is 17.3 Å². The summed E-state index contributed by atoms with van der Waals surface area (Å²) in [6.07, 6.45) is 0. The maximum atomic E-state index is 14.0. The summed E-state index contributed by atoms with van der Waals surface area (Å²) >= 11 is 15.0. The zero-order valence-electron chi connectivity index (χ0n) is 23.1. The van der Waals surface area contributed by atoms with E-state index < -0.39 is 56.2 Å². The largest absolute Gasteiger partial charge is 0.497 e. The maximum Gasteiger partial charge on any atom is 0.308 e. The molecule has 0 bridgehead atoms. The number of carbonyl (C=O) groups is 3. The Kier molecular flexibility index (Phi) is 8.31. The normalized spacial score (nSPS) is 19.3. The number of carbonyl (C=O) groups excluding carboxylic acids is 3. The Bertz CT molecular complexity index is 2030. The Morgan fingerprint density at radius 1 is 1.00 bits per heavy atom. The highest BCUT2D eigenvalue weighted by atomic mass is 35.5. The predicted octanol–water partition coefficient (Wildman–Crippen LogP) is 4.31. The molecule has 3 heterocycles. The molecule has 0 spiro atoms. The summed E-state index contributed by atoms with van der Waals surface area (Å²) in [4.78, 5) is 55.4. The molecule has 1 saturated heterocycles. The number of thioether (sulfide) groups is 1. The van der Waals surface area contributed by atoms with Gasteiger partial charge >= 0.3 is 4.87 Å². The molecule has 2 unspecified atom stereocenters. The number of hydrogen-bond donors (Lipinski definition) is 2. The van der Waals surface area contributed by atoms with E-state index in [4.69, 9.17) is 33.1 Å². The van der Waals surface area contributed by atoms with Gasteiger partial charge in [-0.05, 0) is 60.2 Å². The van der Waals surface area contributed by atoms with E-state index >= 15 is 0 Å². The lowest BCUT2D eigenvalue weighted by atomic mass is 9.83. The lowest BCUT2D eigenvalue weighted by Gasteiger charge is -2.31. The van der Waals surface area contributed by atoms with Crippen LogP contribution in [0.25, 0.3) is 0 Å². The zero-order chi connectivity index (χ0) is 32.2. The van der Waals surface area contributed by atoms with Gasteiger partial charge in [-0.15, -0.1) is 0 Å². The van der Waals surface area contributed by atoms with Crippen LogP contribution in [0.15, 0.2) is 81.4 Å². The molecule has 11 nitrogen and oxygen atoms in total. The molecule has 1 fully saturated rings.